The minimum Gasteiger partial charge on any atom is -0.319 e. The maximum Gasteiger partial charge on any atom is 0.110 e. The summed E-state index contributed by atoms with van der Waals surface area (Å²) in [7, 11) is 0. The maximum atomic E-state index is 5.94. The molecule has 0 bridgehead atoms. The highest BCUT2D eigenvalue weighted by Gasteiger charge is 2.07. The summed E-state index contributed by atoms with van der Waals surface area (Å²) in [6.45, 7) is 6.30. The highest BCUT2D eigenvalue weighted by molar-refractivity contribution is 5.03. The van der Waals surface area contributed by atoms with Crippen LogP contribution in [0.25, 0.3) is 0 Å². The van der Waals surface area contributed by atoms with Crippen LogP contribution in [0.5, 0.6) is 0 Å². The van der Waals surface area contributed by atoms with Gasteiger partial charge in [-0.25, -0.2) is 4.98 Å². The zero-order valence-corrected chi connectivity index (χ0v) is 12.3. The van der Waals surface area contributed by atoms with E-state index in [-0.39, 0.29) is 6.17 Å². The van der Waals surface area contributed by atoms with Crippen molar-refractivity contribution in [1.29, 1.82) is 0 Å². The molecule has 0 aliphatic carbocycles. The van der Waals surface area contributed by atoms with Crippen LogP contribution in [-0.2, 0) is 6.42 Å². The van der Waals surface area contributed by atoms with Crippen molar-refractivity contribution >= 4 is 0 Å². The molecule has 0 aliphatic heterocycles. The topological polar surface area (TPSA) is 43.8 Å². The molecule has 3 heteroatoms. The van der Waals surface area contributed by atoms with Crippen LogP contribution in [0.3, 0.4) is 0 Å². The second-order valence-electron chi connectivity index (χ2n) is 5.32. The molecule has 0 aliphatic rings. The Morgan fingerprint density at radius 1 is 1.17 bits per heavy atom. The van der Waals surface area contributed by atoms with Gasteiger partial charge in [0.1, 0.15) is 5.82 Å². The van der Waals surface area contributed by atoms with Crippen LogP contribution in [0, 0.1) is 6.92 Å². The Hall–Kier alpha value is -0.830. The predicted molar refractivity (Wildman–Crippen MR) is 77.6 cm³/mol. The molecular weight excluding hydrogens is 222 g/mol. The molecule has 0 amide bonds. The van der Waals surface area contributed by atoms with Crippen molar-refractivity contribution in [3.63, 3.8) is 0 Å². The van der Waals surface area contributed by atoms with Gasteiger partial charge < -0.3 is 10.3 Å². The van der Waals surface area contributed by atoms with Gasteiger partial charge in [-0.3, -0.25) is 0 Å². The Morgan fingerprint density at radius 3 is 2.39 bits per heavy atom. The van der Waals surface area contributed by atoms with Crippen LogP contribution >= 0.6 is 0 Å². The SMILES string of the molecule is CCCCCCCCCc1nc(C)cn1C(C)N. The molecule has 1 heterocycles. The molecule has 1 atom stereocenters. The number of imidazole rings is 1. The molecule has 18 heavy (non-hydrogen) atoms. The molecular formula is C15H29N3. The van der Waals surface area contributed by atoms with Crippen LogP contribution in [0.15, 0.2) is 6.20 Å². The van der Waals surface area contributed by atoms with E-state index < -0.39 is 0 Å². The summed E-state index contributed by atoms with van der Waals surface area (Å²) < 4.78 is 2.10. The smallest absolute Gasteiger partial charge is 0.110 e. The molecule has 1 aromatic heterocycles. The molecule has 0 radical (unpaired) electrons. The normalized spacial score (nSPS) is 12.9. The van der Waals surface area contributed by atoms with E-state index in [1.807, 2.05) is 13.8 Å². The molecule has 104 valence electrons. The number of aromatic nitrogens is 2. The third-order valence-corrected chi connectivity index (χ3v) is 3.37. The van der Waals surface area contributed by atoms with Gasteiger partial charge in [0.05, 0.1) is 11.9 Å². The van der Waals surface area contributed by atoms with Crippen molar-refractivity contribution in [2.24, 2.45) is 5.73 Å². The van der Waals surface area contributed by atoms with Gasteiger partial charge in [-0.1, -0.05) is 45.4 Å². The lowest BCUT2D eigenvalue weighted by molar-refractivity contribution is 0.526. The lowest BCUT2D eigenvalue weighted by Gasteiger charge is -2.11. The molecule has 0 fully saturated rings. The number of aryl methyl sites for hydroxylation is 2. The molecule has 2 N–H and O–H groups in total. The fourth-order valence-corrected chi connectivity index (χ4v) is 2.34. The number of hydrogen-bond acceptors (Lipinski definition) is 2. The van der Waals surface area contributed by atoms with Gasteiger partial charge in [0.2, 0.25) is 0 Å². The van der Waals surface area contributed by atoms with Crippen molar-refractivity contribution in [1.82, 2.24) is 9.55 Å². The fraction of sp³-hybridized carbons (Fsp3) is 0.800. The Kier molecular flexibility index (Phi) is 7.02. The highest BCUT2D eigenvalue weighted by atomic mass is 15.1. The Bertz CT molecular complexity index is 328. The lowest BCUT2D eigenvalue weighted by atomic mass is 10.1. The van der Waals surface area contributed by atoms with Crippen LogP contribution in [0.2, 0.25) is 0 Å². The van der Waals surface area contributed by atoms with Gasteiger partial charge in [-0.15, -0.1) is 0 Å². The first-order valence-corrected chi connectivity index (χ1v) is 7.45. The van der Waals surface area contributed by atoms with Crippen LogP contribution < -0.4 is 5.73 Å². The first kappa shape index (κ1) is 15.2. The van der Waals surface area contributed by atoms with E-state index in [1.54, 1.807) is 0 Å². The van der Waals surface area contributed by atoms with Crippen molar-refractivity contribution in [2.75, 3.05) is 0 Å². The molecule has 1 unspecified atom stereocenters. The van der Waals surface area contributed by atoms with E-state index >= 15 is 0 Å². The lowest BCUT2D eigenvalue weighted by Crippen LogP contribution is -2.16. The molecule has 0 spiro atoms. The van der Waals surface area contributed by atoms with Gasteiger partial charge in [0.15, 0.2) is 0 Å². The average Bonchev–Trinajstić information content (AvgIpc) is 2.69. The third kappa shape index (κ3) is 5.21. The van der Waals surface area contributed by atoms with Crippen LogP contribution in [-0.4, -0.2) is 9.55 Å². The quantitative estimate of drug-likeness (QED) is 0.675. The van der Waals surface area contributed by atoms with Crippen molar-refractivity contribution in [3.05, 3.63) is 17.7 Å². The number of rotatable bonds is 9. The van der Waals surface area contributed by atoms with Crippen molar-refractivity contribution in [2.45, 2.75) is 78.3 Å². The zero-order chi connectivity index (χ0) is 13.4. The third-order valence-electron chi connectivity index (χ3n) is 3.37. The van der Waals surface area contributed by atoms with Crippen molar-refractivity contribution in [3.8, 4) is 0 Å². The number of unbranched alkanes of at least 4 members (excludes halogenated alkanes) is 6. The Labute approximate surface area is 112 Å². The van der Waals surface area contributed by atoms with Gasteiger partial charge in [-0.05, 0) is 20.3 Å². The fourth-order valence-electron chi connectivity index (χ4n) is 2.34. The Morgan fingerprint density at radius 2 is 1.78 bits per heavy atom. The molecule has 3 nitrogen and oxygen atoms in total. The van der Waals surface area contributed by atoms with Crippen LogP contribution in [0.4, 0.5) is 0 Å². The molecule has 0 saturated heterocycles. The molecule has 0 saturated carbocycles. The van der Waals surface area contributed by atoms with E-state index in [1.165, 1.54) is 44.9 Å². The summed E-state index contributed by atoms with van der Waals surface area (Å²) >= 11 is 0. The summed E-state index contributed by atoms with van der Waals surface area (Å²) in [6, 6.07) is 0. The molecule has 1 aromatic rings. The van der Waals surface area contributed by atoms with Crippen LogP contribution in [0.1, 0.15) is 76.5 Å². The van der Waals surface area contributed by atoms with E-state index in [0.717, 1.165) is 17.9 Å². The molecule has 1 rings (SSSR count). The molecule has 0 aromatic carbocycles. The summed E-state index contributed by atoms with van der Waals surface area (Å²) in [5, 5.41) is 0. The van der Waals surface area contributed by atoms with Gasteiger partial charge in [0, 0.05) is 12.6 Å². The minimum atomic E-state index is 0.0331. The Balaban J connectivity index is 2.22. The second-order valence-corrected chi connectivity index (χ2v) is 5.32. The van der Waals surface area contributed by atoms with E-state index in [4.69, 9.17) is 5.73 Å². The van der Waals surface area contributed by atoms with Gasteiger partial charge in [0.25, 0.3) is 0 Å². The minimum absolute atomic E-state index is 0.0331. The summed E-state index contributed by atoms with van der Waals surface area (Å²) in [5.41, 5.74) is 7.01. The van der Waals surface area contributed by atoms with E-state index in [2.05, 4.69) is 22.7 Å². The number of hydrogen-bond donors (Lipinski definition) is 1. The first-order chi connectivity index (χ1) is 8.65. The predicted octanol–water partition coefficient (Wildman–Crippen LogP) is 3.96. The average molecular weight is 251 g/mol. The highest BCUT2D eigenvalue weighted by Crippen LogP contribution is 2.13. The van der Waals surface area contributed by atoms with Crippen molar-refractivity contribution < 1.29 is 0 Å². The first-order valence-electron chi connectivity index (χ1n) is 7.45. The summed E-state index contributed by atoms with van der Waals surface area (Å²) in [6.07, 6.45) is 12.5. The van der Waals surface area contributed by atoms with E-state index in [0.29, 0.717) is 0 Å². The summed E-state index contributed by atoms with van der Waals surface area (Å²) in [5.74, 6) is 1.15. The second kappa shape index (κ2) is 8.30. The zero-order valence-electron chi connectivity index (χ0n) is 12.3. The standard InChI is InChI=1S/C15H29N3/c1-4-5-6-7-8-9-10-11-15-17-13(2)12-18(15)14(3)16/h12,14H,4-11,16H2,1-3H3. The largest absolute Gasteiger partial charge is 0.319 e. The van der Waals surface area contributed by atoms with Gasteiger partial charge in [-0.2, -0.15) is 0 Å². The maximum absolute atomic E-state index is 5.94. The number of nitrogens with zero attached hydrogens (tertiary/aromatic N) is 2. The summed E-state index contributed by atoms with van der Waals surface area (Å²) in [4.78, 5) is 4.56. The van der Waals surface area contributed by atoms with E-state index in [9.17, 15) is 0 Å². The monoisotopic (exact) mass is 251 g/mol. The number of nitrogens with two attached hydrogens (primary N) is 1. The van der Waals surface area contributed by atoms with Gasteiger partial charge >= 0.3 is 0 Å².